The van der Waals surface area contributed by atoms with Gasteiger partial charge in [0.05, 0.1) is 11.1 Å². The number of nitrogens with zero attached hydrogens (tertiary/aromatic N) is 1. The number of rotatable bonds is 2. The second-order valence-electron chi connectivity index (χ2n) is 6.67. The summed E-state index contributed by atoms with van der Waals surface area (Å²) in [5.74, 6) is 1.78. The van der Waals surface area contributed by atoms with Crippen LogP contribution >= 0.6 is 15.9 Å². The van der Waals surface area contributed by atoms with Crippen LogP contribution in [0, 0.1) is 0 Å². The van der Waals surface area contributed by atoms with Gasteiger partial charge in [-0.15, -0.1) is 0 Å². The normalized spacial score (nSPS) is 20.8. The van der Waals surface area contributed by atoms with Crippen LogP contribution in [0.15, 0.2) is 46.6 Å². The Morgan fingerprint density at radius 2 is 2.08 bits per heavy atom. The van der Waals surface area contributed by atoms with Crippen molar-refractivity contribution in [3.8, 4) is 11.5 Å². The highest BCUT2D eigenvalue weighted by Crippen LogP contribution is 2.43. The molecular weight excluding hydrogens is 382 g/mol. The van der Waals surface area contributed by atoms with Crippen molar-refractivity contribution in [2.45, 2.75) is 25.4 Å². The minimum atomic E-state index is -0.0682. The van der Waals surface area contributed by atoms with Crippen LogP contribution < -0.4 is 9.47 Å². The van der Waals surface area contributed by atoms with Crippen LogP contribution in [0.5, 0.6) is 11.5 Å². The number of allylic oxidation sites excluding steroid dienone is 1. The Bertz CT molecular complexity index is 917. The lowest BCUT2D eigenvalue weighted by Crippen LogP contribution is -2.33. The Kier molecular flexibility index (Phi) is 3.47. The van der Waals surface area contributed by atoms with Crippen LogP contribution in [0.25, 0.3) is 6.08 Å². The molecule has 0 radical (unpaired) electrons. The summed E-state index contributed by atoms with van der Waals surface area (Å²) in [6, 6.07) is 12.1. The first-order chi connectivity index (χ1) is 12.2. The molecule has 2 aliphatic heterocycles. The quantitative estimate of drug-likeness (QED) is 0.704. The van der Waals surface area contributed by atoms with E-state index in [-0.39, 0.29) is 5.78 Å². The van der Waals surface area contributed by atoms with Gasteiger partial charge < -0.3 is 9.47 Å². The third-order valence-corrected chi connectivity index (χ3v) is 5.35. The molecule has 0 atom stereocenters. The minimum Gasteiger partial charge on any atom is -0.478 e. The van der Waals surface area contributed by atoms with E-state index in [0.29, 0.717) is 29.8 Å². The topological polar surface area (TPSA) is 38.8 Å². The van der Waals surface area contributed by atoms with E-state index in [2.05, 4.69) is 20.8 Å². The SMILES string of the molecule is O=C1/C(=C/c2cccc(Br)c2)Oc2c1ccc1c2CN(C2CC2)CO1. The number of fused-ring (bicyclic) bond motifs is 3. The van der Waals surface area contributed by atoms with Gasteiger partial charge >= 0.3 is 0 Å². The lowest BCUT2D eigenvalue weighted by Gasteiger charge is -2.29. The molecular formula is C20H16BrNO3. The van der Waals surface area contributed by atoms with Crippen molar-refractivity contribution in [1.29, 1.82) is 0 Å². The van der Waals surface area contributed by atoms with Crippen molar-refractivity contribution in [3.63, 3.8) is 0 Å². The molecule has 1 saturated carbocycles. The Hall–Kier alpha value is -2.11. The van der Waals surface area contributed by atoms with Crippen molar-refractivity contribution in [2.75, 3.05) is 6.73 Å². The van der Waals surface area contributed by atoms with Crippen molar-refractivity contribution in [2.24, 2.45) is 0 Å². The van der Waals surface area contributed by atoms with Crippen molar-refractivity contribution in [1.82, 2.24) is 4.90 Å². The van der Waals surface area contributed by atoms with Crippen LogP contribution in [-0.2, 0) is 6.54 Å². The lowest BCUT2D eigenvalue weighted by molar-refractivity contribution is 0.0868. The fraction of sp³-hybridized carbons (Fsp3) is 0.250. The first-order valence-electron chi connectivity index (χ1n) is 8.41. The van der Waals surface area contributed by atoms with Crippen LogP contribution in [0.4, 0.5) is 0 Å². The predicted molar refractivity (Wildman–Crippen MR) is 97.6 cm³/mol. The Balaban J connectivity index is 1.51. The summed E-state index contributed by atoms with van der Waals surface area (Å²) in [6.07, 6.45) is 4.24. The number of carbonyl (C=O) groups excluding carboxylic acids is 1. The van der Waals surface area contributed by atoms with E-state index >= 15 is 0 Å². The van der Waals surface area contributed by atoms with E-state index in [9.17, 15) is 4.79 Å². The number of ketones is 1. The predicted octanol–water partition coefficient (Wildman–Crippen LogP) is 4.38. The summed E-state index contributed by atoms with van der Waals surface area (Å²) >= 11 is 3.45. The van der Waals surface area contributed by atoms with Gasteiger partial charge in [-0.1, -0.05) is 28.1 Å². The van der Waals surface area contributed by atoms with Crippen LogP contribution in [0.3, 0.4) is 0 Å². The van der Waals surface area contributed by atoms with E-state index in [1.54, 1.807) is 6.08 Å². The van der Waals surface area contributed by atoms with Gasteiger partial charge in [-0.2, -0.15) is 0 Å². The number of Topliss-reactive ketones (excluding diaryl/α,β-unsaturated/α-hetero) is 1. The molecule has 0 aromatic heterocycles. The summed E-state index contributed by atoms with van der Waals surface area (Å²) in [5, 5.41) is 0. The van der Waals surface area contributed by atoms with Gasteiger partial charge in [0, 0.05) is 17.1 Å². The average molecular weight is 398 g/mol. The fourth-order valence-corrected chi connectivity index (χ4v) is 3.81. The van der Waals surface area contributed by atoms with E-state index in [1.807, 2.05) is 36.4 Å². The molecule has 1 aliphatic carbocycles. The molecule has 0 spiro atoms. The number of hydrogen-bond acceptors (Lipinski definition) is 4. The fourth-order valence-electron chi connectivity index (χ4n) is 3.40. The van der Waals surface area contributed by atoms with Gasteiger partial charge in [0.1, 0.15) is 18.2 Å². The van der Waals surface area contributed by atoms with Gasteiger partial charge in [0.2, 0.25) is 5.78 Å². The smallest absolute Gasteiger partial charge is 0.231 e. The maximum Gasteiger partial charge on any atom is 0.231 e. The number of benzene rings is 2. The first-order valence-corrected chi connectivity index (χ1v) is 9.21. The molecule has 2 aromatic rings. The van der Waals surface area contributed by atoms with Gasteiger partial charge in [-0.25, -0.2) is 0 Å². The molecule has 4 nitrogen and oxygen atoms in total. The zero-order valence-corrected chi connectivity index (χ0v) is 15.1. The molecule has 0 unspecified atom stereocenters. The Morgan fingerprint density at radius 3 is 2.88 bits per heavy atom. The molecule has 5 heteroatoms. The minimum absolute atomic E-state index is 0.0682. The molecule has 0 bridgehead atoms. The highest BCUT2D eigenvalue weighted by Gasteiger charge is 2.37. The lowest BCUT2D eigenvalue weighted by atomic mass is 10.0. The zero-order chi connectivity index (χ0) is 17.0. The summed E-state index contributed by atoms with van der Waals surface area (Å²) < 4.78 is 12.8. The summed E-state index contributed by atoms with van der Waals surface area (Å²) in [5.41, 5.74) is 2.54. The molecule has 0 amide bonds. The van der Waals surface area contributed by atoms with Gasteiger partial charge in [0.25, 0.3) is 0 Å². The van der Waals surface area contributed by atoms with Gasteiger partial charge in [0.15, 0.2) is 5.76 Å². The van der Waals surface area contributed by atoms with Crippen molar-refractivity contribution >= 4 is 27.8 Å². The van der Waals surface area contributed by atoms with Crippen LogP contribution in [-0.4, -0.2) is 23.5 Å². The van der Waals surface area contributed by atoms with E-state index in [4.69, 9.17) is 9.47 Å². The highest BCUT2D eigenvalue weighted by molar-refractivity contribution is 9.10. The van der Waals surface area contributed by atoms with Crippen molar-refractivity contribution in [3.05, 3.63) is 63.3 Å². The number of ether oxygens (including phenoxy) is 2. The molecule has 2 aromatic carbocycles. The maximum absolute atomic E-state index is 12.7. The molecule has 3 aliphatic rings. The maximum atomic E-state index is 12.7. The van der Waals surface area contributed by atoms with Gasteiger partial charge in [-0.05, 0) is 48.7 Å². The largest absolute Gasteiger partial charge is 0.478 e. The van der Waals surface area contributed by atoms with E-state index in [0.717, 1.165) is 27.9 Å². The number of hydrogen-bond donors (Lipinski definition) is 0. The van der Waals surface area contributed by atoms with Crippen molar-refractivity contribution < 1.29 is 14.3 Å². The average Bonchev–Trinajstić information content (AvgIpc) is 3.41. The summed E-state index contributed by atoms with van der Waals surface area (Å²) in [4.78, 5) is 15.1. The third kappa shape index (κ3) is 2.68. The van der Waals surface area contributed by atoms with Crippen LogP contribution in [0.2, 0.25) is 0 Å². The molecule has 0 N–H and O–H groups in total. The first kappa shape index (κ1) is 15.2. The Labute approximate surface area is 154 Å². The monoisotopic (exact) mass is 397 g/mol. The standard InChI is InChI=1S/C20H16BrNO3/c21-13-3-1-2-12(8-13)9-18-19(23)15-6-7-17-16(20(15)25-18)10-22(11-24-17)14-4-5-14/h1-3,6-9,14H,4-5,10-11H2/b18-9-. The second-order valence-corrected chi connectivity index (χ2v) is 7.58. The van der Waals surface area contributed by atoms with E-state index in [1.165, 1.54) is 12.8 Å². The summed E-state index contributed by atoms with van der Waals surface area (Å²) in [7, 11) is 0. The molecule has 2 heterocycles. The Morgan fingerprint density at radius 1 is 1.20 bits per heavy atom. The molecule has 126 valence electrons. The second kappa shape index (κ2) is 5.71. The zero-order valence-electron chi connectivity index (χ0n) is 13.5. The molecule has 0 saturated heterocycles. The van der Waals surface area contributed by atoms with E-state index < -0.39 is 0 Å². The van der Waals surface area contributed by atoms with Gasteiger partial charge in [-0.3, -0.25) is 9.69 Å². The molecule has 5 rings (SSSR count). The summed E-state index contributed by atoms with van der Waals surface area (Å²) in [6.45, 7) is 1.39. The van der Waals surface area contributed by atoms with Crippen LogP contribution in [0.1, 0.15) is 34.3 Å². The molecule has 25 heavy (non-hydrogen) atoms. The molecule has 1 fully saturated rings. The highest BCUT2D eigenvalue weighted by atomic mass is 79.9. The number of carbonyl (C=O) groups is 1. The third-order valence-electron chi connectivity index (χ3n) is 4.85. The number of halogens is 1.